The number of hydrogen-bond acceptors (Lipinski definition) is 4. The SMILES string of the molecule is Cc1cc(-c2nc3ccccc3s2)ccc1NC(=O)c1cccc(OC(C)C)c1. The van der Waals surface area contributed by atoms with Crippen LogP contribution >= 0.6 is 11.3 Å². The summed E-state index contributed by atoms with van der Waals surface area (Å²) in [5.41, 5.74) is 4.40. The number of aryl methyl sites for hydroxylation is 1. The predicted molar refractivity (Wildman–Crippen MR) is 120 cm³/mol. The molecule has 0 spiro atoms. The number of amides is 1. The van der Waals surface area contributed by atoms with Gasteiger partial charge >= 0.3 is 0 Å². The van der Waals surface area contributed by atoms with E-state index in [1.165, 1.54) is 4.70 Å². The average molecular weight is 403 g/mol. The van der Waals surface area contributed by atoms with Crippen LogP contribution in [0.5, 0.6) is 5.75 Å². The first-order valence-electron chi connectivity index (χ1n) is 9.54. The third-order valence-corrected chi connectivity index (χ3v) is 5.57. The third kappa shape index (κ3) is 4.30. The number of nitrogens with zero attached hydrogens (tertiary/aromatic N) is 1. The van der Waals surface area contributed by atoms with E-state index in [1.54, 1.807) is 23.5 Å². The number of thiazole rings is 1. The monoisotopic (exact) mass is 402 g/mol. The molecular weight excluding hydrogens is 380 g/mol. The van der Waals surface area contributed by atoms with Crippen LogP contribution in [-0.2, 0) is 0 Å². The Bertz CT molecular complexity index is 1150. The maximum Gasteiger partial charge on any atom is 0.255 e. The quantitative estimate of drug-likeness (QED) is 0.425. The number of benzene rings is 3. The molecule has 1 N–H and O–H groups in total. The lowest BCUT2D eigenvalue weighted by Gasteiger charge is -2.12. The number of rotatable bonds is 5. The summed E-state index contributed by atoms with van der Waals surface area (Å²) in [6, 6.07) is 21.3. The zero-order valence-corrected chi connectivity index (χ0v) is 17.4. The number of ether oxygens (including phenoxy) is 1. The van der Waals surface area contributed by atoms with Crippen molar-refractivity contribution >= 4 is 33.1 Å². The van der Waals surface area contributed by atoms with Crippen molar-refractivity contribution in [2.45, 2.75) is 26.9 Å². The molecule has 29 heavy (non-hydrogen) atoms. The van der Waals surface area contributed by atoms with Gasteiger partial charge in [-0.05, 0) is 74.9 Å². The largest absolute Gasteiger partial charge is 0.491 e. The van der Waals surface area contributed by atoms with Crippen LogP contribution in [0.15, 0.2) is 66.7 Å². The number of hydrogen-bond donors (Lipinski definition) is 1. The van der Waals surface area contributed by atoms with E-state index in [0.29, 0.717) is 11.3 Å². The van der Waals surface area contributed by atoms with Crippen molar-refractivity contribution in [3.63, 3.8) is 0 Å². The molecule has 0 aliphatic rings. The Morgan fingerprint density at radius 3 is 2.62 bits per heavy atom. The van der Waals surface area contributed by atoms with Crippen LogP contribution in [-0.4, -0.2) is 17.0 Å². The van der Waals surface area contributed by atoms with Gasteiger partial charge in [-0.2, -0.15) is 0 Å². The second-order valence-electron chi connectivity index (χ2n) is 7.17. The maximum atomic E-state index is 12.7. The normalized spacial score (nSPS) is 11.0. The first kappa shape index (κ1) is 19.2. The molecule has 0 aliphatic carbocycles. The standard InChI is InChI=1S/C24H22N2O2S/c1-15(2)28-19-8-6-7-17(14-19)23(27)25-20-12-11-18(13-16(20)3)24-26-21-9-4-5-10-22(21)29-24/h4-15H,1-3H3,(H,25,27). The van der Waals surface area contributed by atoms with Crippen LogP contribution in [0, 0.1) is 6.92 Å². The second kappa shape index (κ2) is 8.05. The maximum absolute atomic E-state index is 12.7. The van der Waals surface area contributed by atoms with Crippen LogP contribution in [0.25, 0.3) is 20.8 Å². The van der Waals surface area contributed by atoms with Gasteiger partial charge in [-0.1, -0.05) is 18.2 Å². The van der Waals surface area contributed by atoms with Gasteiger partial charge in [0, 0.05) is 16.8 Å². The first-order valence-corrected chi connectivity index (χ1v) is 10.4. The fourth-order valence-electron chi connectivity index (χ4n) is 3.11. The fourth-order valence-corrected chi connectivity index (χ4v) is 4.07. The van der Waals surface area contributed by atoms with E-state index >= 15 is 0 Å². The van der Waals surface area contributed by atoms with Crippen molar-refractivity contribution in [1.82, 2.24) is 4.98 Å². The van der Waals surface area contributed by atoms with Crippen molar-refractivity contribution in [3.05, 3.63) is 77.9 Å². The molecular formula is C24H22N2O2S. The molecule has 1 amide bonds. The highest BCUT2D eigenvalue weighted by molar-refractivity contribution is 7.21. The molecule has 0 atom stereocenters. The predicted octanol–water partition coefficient (Wildman–Crippen LogP) is 6.31. The van der Waals surface area contributed by atoms with Crippen LogP contribution in [0.1, 0.15) is 29.8 Å². The highest BCUT2D eigenvalue weighted by Gasteiger charge is 2.12. The number of para-hydroxylation sites is 1. The number of nitrogens with one attached hydrogen (secondary N) is 1. The summed E-state index contributed by atoms with van der Waals surface area (Å²) in [5.74, 6) is 0.533. The van der Waals surface area contributed by atoms with Gasteiger partial charge in [0.2, 0.25) is 0 Å². The minimum atomic E-state index is -0.157. The van der Waals surface area contributed by atoms with E-state index in [1.807, 2.05) is 63.2 Å². The minimum Gasteiger partial charge on any atom is -0.491 e. The molecule has 5 heteroatoms. The Kier molecular flexibility index (Phi) is 5.32. The van der Waals surface area contributed by atoms with Crippen molar-refractivity contribution in [3.8, 4) is 16.3 Å². The number of carbonyl (C=O) groups excluding carboxylic acids is 1. The summed E-state index contributed by atoms with van der Waals surface area (Å²) < 4.78 is 6.85. The van der Waals surface area contributed by atoms with Crippen molar-refractivity contribution in [1.29, 1.82) is 0 Å². The molecule has 0 fully saturated rings. The van der Waals surface area contributed by atoms with Gasteiger partial charge in [-0.15, -0.1) is 11.3 Å². The van der Waals surface area contributed by atoms with Gasteiger partial charge in [0.15, 0.2) is 0 Å². The number of carbonyl (C=O) groups is 1. The lowest BCUT2D eigenvalue weighted by Crippen LogP contribution is -2.13. The Morgan fingerprint density at radius 1 is 1.03 bits per heavy atom. The first-order chi connectivity index (χ1) is 14.0. The van der Waals surface area contributed by atoms with E-state index in [4.69, 9.17) is 9.72 Å². The molecule has 1 heterocycles. The molecule has 3 aromatic carbocycles. The molecule has 0 bridgehead atoms. The summed E-state index contributed by atoms with van der Waals surface area (Å²) in [4.78, 5) is 17.4. The van der Waals surface area contributed by atoms with Crippen molar-refractivity contribution in [2.24, 2.45) is 0 Å². The molecule has 0 aliphatic heterocycles. The third-order valence-electron chi connectivity index (χ3n) is 4.48. The summed E-state index contributed by atoms with van der Waals surface area (Å²) in [6.07, 6.45) is 0.0607. The number of aromatic nitrogens is 1. The Labute approximate surface area is 174 Å². The van der Waals surface area contributed by atoms with Gasteiger partial charge in [-0.3, -0.25) is 4.79 Å². The second-order valence-corrected chi connectivity index (χ2v) is 8.20. The molecule has 0 radical (unpaired) electrons. The van der Waals surface area contributed by atoms with Crippen LogP contribution in [0.3, 0.4) is 0 Å². The van der Waals surface area contributed by atoms with E-state index in [-0.39, 0.29) is 12.0 Å². The van der Waals surface area contributed by atoms with Crippen molar-refractivity contribution < 1.29 is 9.53 Å². The molecule has 1 aromatic heterocycles. The van der Waals surface area contributed by atoms with Crippen LogP contribution in [0.4, 0.5) is 5.69 Å². The Hall–Kier alpha value is -3.18. The molecule has 4 nitrogen and oxygen atoms in total. The Balaban J connectivity index is 1.54. The number of anilines is 1. The van der Waals surface area contributed by atoms with Gasteiger partial charge < -0.3 is 10.1 Å². The summed E-state index contributed by atoms with van der Waals surface area (Å²) in [5, 5.41) is 3.98. The Morgan fingerprint density at radius 2 is 1.86 bits per heavy atom. The molecule has 0 saturated heterocycles. The summed E-state index contributed by atoms with van der Waals surface area (Å²) >= 11 is 1.67. The van der Waals surface area contributed by atoms with Gasteiger partial charge in [0.1, 0.15) is 10.8 Å². The minimum absolute atomic E-state index is 0.0607. The topological polar surface area (TPSA) is 51.2 Å². The average Bonchev–Trinajstić information content (AvgIpc) is 3.13. The fraction of sp³-hybridized carbons (Fsp3) is 0.167. The van der Waals surface area contributed by atoms with E-state index < -0.39 is 0 Å². The summed E-state index contributed by atoms with van der Waals surface area (Å²) in [7, 11) is 0. The highest BCUT2D eigenvalue weighted by Crippen LogP contribution is 2.32. The lowest BCUT2D eigenvalue weighted by molar-refractivity contribution is 0.102. The van der Waals surface area contributed by atoms with E-state index in [0.717, 1.165) is 27.3 Å². The summed E-state index contributed by atoms with van der Waals surface area (Å²) in [6.45, 7) is 5.91. The smallest absolute Gasteiger partial charge is 0.255 e. The van der Waals surface area contributed by atoms with E-state index in [2.05, 4.69) is 17.4 Å². The molecule has 0 saturated carbocycles. The highest BCUT2D eigenvalue weighted by atomic mass is 32.1. The van der Waals surface area contributed by atoms with Gasteiger partial charge in [-0.25, -0.2) is 4.98 Å². The zero-order chi connectivity index (χ0) is 20.4. The molecule has 4 aromatic rings. The lowest BCUT2D eigenvalue weighted by atomic mass is 10.1. The van der Waals surface area contributed by atoms with Gasteiger partial charge in [0.05, 0.1) is 16.3 Å². The van der Waals surface area contributed by atoms with Crippen LogP contribution in [0.2, 0.25) is 0 Å². The zero-order valence-electron chi connectivity index (χ0n) is 16.6. The van der Waals surface area contributed by atoms with Gasteiger partial charge in [0.25, 0.3) is 5.91 Å². The number of fused-ring (bicyclic) bond motifs is 1. The van der Waals surface area contributed by atoms with Crippen LogP contribution < -0.4 is 10.1 Å². The van der Waals surface area contributed by atoms with E-state index in [9.17, 15) is 4.79 Å². The molecule has 0 unspecified atom stereocenters. The molecule has 146 valence electrons. The van der Waals surface area contributed by atoms with Crippen molar-refractivity contribution in [2.75, 3.05) is 5.32 Å². The molecule has 4 rings (SSSR count).